The summed E-state index contributed by atoms with van der Waals surface area (Å²) < 4.78 is 24.5. The molecular weight excluding hydrogens is 363 g/mol. The third kappa shape index (κ3) is 3.54. The molecule has 0 aliphatic rings. The molecule has 0 bridgehead atoms. The van der Waals surface area contributed by atoms with Crippen molar-refractivity contribution in [1.82, 2.24) is 0 Å². The van der Waals surface area contributed by atoms with Crippen LogP contribution in [0.5, 0.6) is 11.5 Å². The second kappa shape index (κ2) is 6.91. The first-order valence-corrected chi connectivity index (χ1v) is 7.12. The normalized spacial score (nSPS) is 10.3. The van der Waals surface area contributed by atoms with Gasteiger partial charge in [-0.1, -0.05) is 23.7 Å². The third-order valence-electron chi connectivity index (χ3n) is 2.80. The standard InChI is InChI=1S/C15H11BrClFO3/c1-20-13-6-11(17)5-10(7-19)15(13)21-8-9-3-2-4-12(18)14(9)16/h2-7H,8H2,1H3. The zero-order valence-electron chi connectivity index (χ0n) is 11.0. The van der Waals surface area contributed by atoms with Crippen molar-refractivity contribution in [2.45, 2.75) is 6.61 Å². The number of carbonyl (C=O) groups excluding carboxylic acids is 1. The van der Waals surface area contributed by atoms with E-state index in [1.807, 2.05) is 0 Å². The molecule has 0 unspecified atom stereocenters. The van der Waals surface area contributed by atoms with Gasteiger partial charge in [-0.3, -0.25) is 4.79 Å². The van der Waals surface area contributed by atoms with Gasteiger partial charge in [0.05, 0.1) is 17.1 Å². The quantitative estimate of drug-likeness (QED) is 0.716. The first-order valence-electron chi connectivity index (χ1n) is 5.95. The maximum atomic E-state index is 13.4. The summed E-state index contributed by atoms with van der Waals surface area (Å²) in [6.45, 7) is 0.0805. The highest BCUT2D eigenvalue weighted by molar-refractivity contribution is 9.10. The molecule has 0 radical (unpaired) electrons. The lowest BCUT2D eigenvalue weighted by atomic mass is 10.2. The van der Waals surface area contributed by atoms with Crippen molar-refractivity contribution in [1.29, 1.82) is 0 Å². The Morgan fingerprint density at radius 1 is 1.38 bits per heavy atom. The number of halogens is 3. The number of ether oxygens (including phenoxy) is 2. The van der Waals surface area contributed by atoms with Gasteiger partial charge in [-0.15, -0.1) is 0 Å². The molecule has 3 nitrogen and oxygen atoms in total. The summed E-state index contributed by atoms with van der Waals surface area (Å²) in [7, 11) is 1.45. The summed E-state index contributed by atoms with van der Waals surface area (Å²) >= 11 is 9.05. The molecular formula is C15H11BrClFO3. The second-order valence-corrected chi connectivity index (χ2v) is 5.38. The average molecular weight is 374 g/mol. The Bertz CT molecular complexity index is 676. The van der Waals surface area contributed by atoms with Crippen LogP contribution in [0.1, 0.15) is 15.9 Å². The minimum absolute atomic E-state index is 0.0805. The van der Waals surface area contributed by atoms with E-state index in [4.69, 9.17) is 21.1 Å². The van der Waals surface area contributed by atoms with Gasteiger partial charge in [-0.05, 0) is 28.1 Å². The minimum atomic E-state index is -0.380. The van der Waals surface area contributed by atoms with Gasteiger partial charge in [-0.25, -0.2) is 4.39 Å². The van der Waals surface area contributed by atoms with Gasteiger partial charge in [-0.2, -0.15) is 0 Å². The maximum absolute atomic E-state index is 13.4. The molecule has 0 atom stereocenters. The zero-order chi connectivity index (χ0) is 15.4. The number of methoxy groups -OCH3 is 1. The van der Waals surface area contributed by atoms with E-state index in [1.54, 1.807) is 18.2 Å². The molecule has 0 aliphatic heterocycles. The van der Waals surface area contributed by atoms with Crippen molar-refractivity contribution in [2.75, 3.05) is 7.11 Å². The Labute approximate surface area is 134 Å². The van der Waals surface area contributed by atoms with E-state index in [1.165, 1.54) is 19.2 Å². The molecule has 0 fully saturated rings. The minimum Gasteiger partial charge on any atom is -0.493 e. The van der Waals surface area contributed by atoms with Crippen molar-refractivity contribution < 1.29 is 18.7 Å². The lowest BCUT2D eigenvalue weighted by Gasteiger charge is -2.14. The van der Waals surface area contributed by atoms with Gasteiger partial charge in [0.15, 0.2) is 17.8 Å². The Hall–Kier alpha value is -1.59. The molecule has 0 spiro atoms. The van der Waals surface area contributed by atoms with Crippen molar-refractivity contribution in [3.8, 4) is 11.5 Å². The first kappa shape index (κ1) is 15.8. The molecule has 0 aliphatic carbocycles. The highest BCUT2D eigenvalue weighted by Gasteiger charge is 2.14. The van der Waals surface area contributed by atoms with Gasteiger partial charge >= 0.3 is 0 Å². The Morgan fingerprint density at radius 3 is 2.81 bits per heavy atom. The van der Waals surface area contributed by atoms with Gasteiger partial charge in [0.25, 0.3) is 0 Å². The summed E-state index contributed by atoms with van der Waals surface area (Å²) in [5.41, 5.74) is 0.885. The summed E-state index contributed by atoms with van der Waals surface area (Å²) in [6.07, 6.45) is 0.629. The van der Waals surface area contributed by atoms with E-state index in [2.05, 4.69) is 15.9 Å². The number of hydrogen-bond donors (Lipinski definition) is 0. The third-order valence-corrected chi connectivity index (χ3v) is 3.91. The van der Waals surface area contributed by atoms with E-state index in [0.29, 0.717) is 27.1 Å². The molecule has 0 amide bonds. The fourth-order valence-electron chi connectivity index (χ4n) is 1.79. The zero-order valence-corrected chi connectivity index (χ0v) is 13.4. The molecule has 2 aromatic carbocycles. The van der Waals surface area contributed by atoms with Crippen molar-refractivity contribution in [3.63, 3.8) is 0 Å². The van der Waals surface area contributed by atoms with Crippen LogP contribution in [0.4, 0.5) is 4.39 Å². The van der Waals surface area contributed by atoms with E-state index < -0.39 is 0 Å². The van der Waals surface area contributed by atoms with E-state index in [9.17, 15) is 9.18 Å². The van der Waals surface area contributed by atoms with Gasteiger partial charge in [0, 0.05) is 16.7 Å². The Balaban J connectivity index is 2.31. The van der Waals surface area contributed by atoms with Crippen molar-refractivity contribution >= 4 is 33.8 Å². The van der Waals surface area contributed by atoms with Crippen LogP contribution in [0.2, 0.25) is 5.02 Å². The lowest BCUT2D eigenvalue weighted by molar-refractivity contribution is 0.111. The number of carbonyl (C=O) groups is 1. The van der Waals surface area contributed by atoms with Crippen LogP contribution < -0.4 is 9.47 Å². The summed E-state index contributed by atoms with van der Waals surface area (Å²) in [5.74, 6) is 0.236. The van der Waals surface area contributed by atoms with E-state index in [-0.39, 0.29) is 23.7 Å². The molecule has 2 rings (SSSR count). The summed E-state index contributed by atoms with van der Waals surface area (Å²) in [6, 6.07) is 7.67. The van der Waals surface area contributed by atoms with Crippen molar-refractivity contribution in [2.24, 2.45) is 0 Å². The average Bonchev–Trinajstić information content (AvgIpc) is 2.48. The molecule has 21 heavy (non-hydrogen) atoms. The molecule has 2 aromatic rings. The predicted molar refractivity (Wildman–Crippen MR) is 81.8 cm³/mol. The lowest BCUT2D eigenvalue weighted by Crippen LogP contribution is -2.02. The number of benzene rings is 2. The van der Waals surface area contributed by atoms with Crippen LogP contribution in [0.15, 0.2) is 34.8 Å². The number of aldehydes is 1. The van der Waals surface area contributed by atoms with E-state index in [0.717, 1.165) is 0 Å². The maximum Gasteiger partial charge on any atom is 0.172 e. The molecule has 0 heterocycles. The second-order valence-electron chi connectivity index (χ2n) is 4.15. The molecule has 0 saturated carbocycles. The number of hydrogen-bond acceptors (Lipinski definition) is 3. The smallest absolute Gasteiger partial charge is 0.172 e. The fourth-order valence-corrected chi connectivity index (χ4v) is 2.39. The Morgan fingerprint density at radius 2 is 2.14 bits per heavy atom. The Kier molecular flexibility index (Phi) is 5.20. The van der Waals surface area contributed by atoms with Crippen LogP contribution in [-0.4, -0.2) is 13.4 Å². The topological polar surface area (TPSA) is 35.5 Å². The van der Waals surface area contributed by atoms with Crippen LogP contribution in [0.25, 0.3) is 0 Å². The van der Waals surface area contributed by atoms with Gasteiger partial charge in [0.1, 0.15) is 12.4 Å². The summed E-state index contributed by atoms with van der Waals surface area (Å²) in [4.78, 5) is 11.1. The molecule has 0 aromatic heterocycles. The van der Waals surface area contributed by atoms with E-state index >= 15 is 0 Å². The highest BCUT2D eigenvalue weighted by Crippen LogP contribution is 2.35. The van der Waals surface area contributed by atoms with Crippen LogP contribution >= 0.6 is 27.5 Å². The van der Waals surface area contributed by atoms with Gasteiger partial charge in [0.2, 0.25) is 0 Å². The molecule has 6 heteroatoms. The molecule has 0 saturated heterocycles. The number of rotatable bonds is 5. The van der Waals surface area contributed by atoms with Crippen LogP contribution in [-0.2, 0) is 6.61 Å². The summed E-state index contributed by atoms with van der Waals surface area (Å²) in [5, 5.41) is 0.369. The van der Waals surface area contributed by atoms with Crippen molar-refractivity contribution in [3.05, 3.63) is 56.8 Å². The van der Waals surface area contributed by atoms with Crippen LogP contribution in [0, 0.1) is 5.82 Å². The highest BCUT2D eigenvalue weighted by atomic mass is 79.9. The SMILES string of the molecule is COc1cc(Cl)cc(C=O)c1OCc1cccc(F)c1Br. The monoisotopic (exact) mass is 372 g/mol. The first-order chi connectivity index (χ1) is 10.1. The predicted octanol–water partition coefficient (Wildman–Crippen LogP) is 4.64. The van der Waals surface area contributed by atoms with Gasteiger partial charge < -0.3 is 9.47 Å². The molecule has 110 valence electrons. The largest absolute Gasteiger partial charge is 0.493 e. The van der Waals surface area contributed by atoms with Crippen LogP contribution in [0.3, 0.4) is 0 Å². The fraction of sp³-hybridized carbons (Fsp3) is 0.133. The molecule has 0 N–H and O–H groups in total.